The van der Waals surface area contributed by atoms with Crippen LogP contribution < -0.4 is 0 Å². The molecule has 1 aromatic rings. The lowest BCUT2D eigenvalue weighted by molar-refractivity contribution is -0.114. The second kappa shape index (κ2) is 8.86. The molecular formula is C19H25Cl2NO. The number of rotatable bonds is 5. The molecule has 2 atom stereocenters. The molecule has 0 spiro atoms. The Morgan fingerprint density at radius 2 is 1.91 bits per heavy atom. The van der Waals surface area contributed by atoms with Gasteiger partial charge in [0.05, 0.1) is 0 Å². The Bertz CT molecular complexity index is 541. The van der Waals surface area contributed by atoms with Crippen LogP contribution in [0.3, 0.4) is 0 Å². The van der Waals surface area contributed by atoms with Gasteiger partial charge in [0.25, 0.3) is 0 Å². The molecule has 2 bridgehead atoms. The van der Waals surface area contributed by atoms with Gasteiger partial charge in [-0.1, -0.05) is 36.2 Å². The minimum Gasteiger partial charge on any atom is -0.303 e. The van der Waals surface area contributed by atoms with E-state index in [4.69, 9.17) is 11.6 Å². The molecule has 1 saturated heterocycles. The summed E-state index contributed by atoms with van der Waals surface area (Å²) in [5, 5.41) is 0.721. The third kappa shape index (κ3) is 5.63. The predicted molar refractivity (Wildman–Crippen MR) is 99.2 cm³/mol. The molecule has 2 aliphatic rings. The Balaban J connectivity index is 0.00000192. The summed E-state index contributed by atoms with van der Waals surface area (Å²) in [7, 11) is 0. The fourth-order valence-corrected chi connectivity index (χ4v) is 3.87. The largest absolute Gasteiger partial charge is 0.303 e. The topological polar surface area (TPSA) is 20.3 Å². The smallest absolute Gasteiger partial charge is 0.156 e. The number of hydrogen-bond acceptors (Lipinski definition) is 2. The summed E-state index contributed by atoms with van der Waals surface area (Å²) >= 11 is 5.85. The van der Waals surface area contributed by atoms with Gasteiger partial charge in [-0.15, -0.1) is 12.4 Å². The number of halogens is 2. The zero-order chi connectivity index (χ0) is 15.4. The molecule has 3 rings (SSSR count). The highest BCUT2D eigenvalue weighted by molar-refractivity contribution is 6.30. The molecule has 126 valence electrons. The van der Waals surface area contributed by atoms with Crippen LogP contribution in [-0.2, 0) is 4.79 Å². The fourth-order valence-electron chi connectivity index (χ4n) is 3.75. The van der Waals surface area contributed by atoms with E-state index in [1.54, 1.807) is 6.08 Å². The number of hydrogen-bond donors (Lipinski definition) is 0. The van der Waals surface area contributed by atoms with Crippen LogP contribution in [0.15, 0.2) is 30.3 Å². The molecule has 1 aliphatic heterocycles. The number of carbonyl (C=O) groups is 1. The second-order valence-electron chi connectivity index (χ2n) is 6.74. The summed E-state index contributed by atoms with van der Waals surface area (Å²) in [6, 6.07) is 7.55. The Hall–Kier alpha value is -0.830. The maximum Gasteiger partial charge on any atom is 0.156 e. The van der Waals surface area contributed by atoms with Crippen molar-refractivity contribution < 1.29 is 4.79 Å². The Morgan fingerprint density at radius 1 is 1.17 bits per heavy atom. The van der Waals surface area contributed by atoms with E-state index in [0.29, 0.717) is 6.42 Å². The second-order valence-corrected chi connectivity index (χ2v) is 7.17. The molecule has 0 amide bonds. The first kappa shape index (κ1) is 18.5. The zero-order valence-electron chi connectivity index (χ0n) is 13.4. The molecule has 0 N–H and O–H groups in total. The monoisotopic (exact) mass is 353 g/mol. The van der Waals surface area contributed by atoms with Gasteiger partial charge in [0.2, 0.25) is 0 Å². The average molecular weight is 354 g/mol. The van der Waals surface area contributed by atoms with Crippen LogP contribution in [-0.4, -0.2) is 30.3 Å². The molecular weight excluding hydrogens is 329 g/mol. The van der Waals surface area contributed by atoms with Crippen LogP contribution in [0.2, 0.25) is 5.02 Å². The highest BCUT2D eigenvalue weighted by Gasteiger charge is 2.29. The van der Waals surface area contributed by atoms with Crippen molar-refractivity contribution in [2.24, 2.45) is 11.8 Å². The van der Waals surface area contributed by atoms with Gasteiger partial charge in [0.15, 0.2) is 5.78 Å². The lowest BCUT2D eigenvalue weighted by Gasteiger charge is -2.23. The van der Waals surface area contributed by atoms with Crippen molar-refractivity contribution in [3.8, 4) is 0 Å². The summed E-state index contributed by atoms with van der Waals surface area (Å²) in [6.45, 7) is 3.28. The molecule has 4 heteroatoms. The fraction of sp³-hybridized carbons (Fsp3) is 0.526. The van der Waals surface area contributed by atoms with Gasteiger partial charge in [-0.05, 0) is 61.4 Å². The number of likely N-dealkylation sites (tertiary alicyclic amines) is 1. The summed E-state index contributed by atoms with van der Waals surface area (Å²) < 4.78 is 0. The summed E-state index contributed by atoms with van der Waals surface area (Å²) in [4.78, 5) is 14.5. The van der Waals surface area contributed by atoms with Crippen LogP contribution >= 0.6 is 24.0 Å². The standard InChI is InChI=1S/C19H24ClNO.ClH/c20-18-6-3-15(4-7-18)5-8-19(22)10-12-21-11-9-16-1-2-17(13-16)14-21;/h3-8,16-17H,1-2,9-14H2;1H/b8-5+;. The third-order valence-corrected chi connectivity index (χ3v) is 5.28. The van der Waals surface area contributed by atoms with Crippen molar-refractivity contribution in [3.05, 3.63) is 40.9 Å². The van der Waals surface area contributed by atoms with Crippen LogP contribution in [0.1, 0.15) is 37.7 Å². The first-order valence-corrected chi connectivity index (χ1v) is 8.75. The number of allylic oxidation sites excluding steroid dienone is 1. The van der Waals surface area contributed by atoms with E-state index in [1.807, 2.05) is 30.3 Å². The zero-order valence-corrected chi connectivity index (χ0v) is 15.0. The number of ketones is 1. The van der Waals surface area contributed by atoms with E-state index in [9.17, 15) is 4.79 Å². The number of carbonyl (C=O) groups excluding carboxylic acids is 1. The van der Waals surface area contributed by atoms with Crippen molar-refractivity contribution in [1.82, 2.24) is 4.90 Å². The number of fused-ring (bicyclic) bond motifs is 2. The molecule has 2 nitrogen and oxygen atoms in total. The van der Waals surface area contributed by atoms with Gasteiger partial charge in [-0.2, -0.15) is 0 Å². The van der Waals surface area contributed by atoms with Crippen LogP contribution in [0, 0.1) is 11.8 Å². The minimum absolute atomic E-state index is 0. The van der Waals surface area contributed by atoms with Crippen LogP contribution in [0.4, 0.5) is 0 Å². The summed E-state index contributed by atoms with van der Waals surface area (Å²) in [6.07, 6.45) is 9.77. The van der Waals surface area contributed by atoms with Crippen LogP contribution in [0.25, 0.3) is 6.08 Å². The highest BCUT2D eigenvalue weighted by atomic mass is 35.5. The van der Waals surface area contributed by atoms with Crippen molar-refractivity contribution in [1.29, 1.82) is 0 Å². The van der Waals surface area contributed by atoms with E-state index < -0.39 is 0 Å². The average Bonchev–Trinajstić information content (AvgIpc) is 2.85. The quantitative estimate of drug-likeness (QED) is 0.704. The van der Waals surface area contributed by atoms with E-state index >= 15 is 0 Å². The third-order valence-electron chi connectivity index (χ3n) is 5.03. The first-order chi connectivity index (χ1) is 10.7. The van der Waals surface area contributed by atoms with Gasteiger partial charge in [0, 0.05) is 24.5 Å². The maximum atomic E-state index is 12.0. The van der Waals surface area contributed by atoms with Gasteiger partial charge in [-0.25, -0.2) is 0 Å². The Labute approximate surface area is 150 Å². The molecule has 2 unspecified atom stereocenters. The molecule has 0 aromatic heterocycles. The lowest BCUT2D eigenvalue weighted by atomic mass is 10.0. The van der Waals surface area contributed by atoms with E-state index in [1.165, 1.54) is 38.8 Å². The van der Waals surface area contributed by atoms with Crippen molar-refractivity contribution >= 4 is 35.9 Å². The molecule has 0 radical (unpaired) electrons. The molecule has 1 aliphatic carbocycles. The molecule has 2 fully saturated rings. The van der Waals surface area contributed by atoms with E-state index in [2.05, 4.69) is 4.90 Å². The van der Waals surface area contributed by atoms with Crippen molar-refractivity contribution in [2.75, 3.05) is 19.6 Å². The highest BCUT2D eigenvalue weighted by Crippen LogP contribution is 2.36. The van der Waals surface area contributed by atoms with Gasteiger partial charge >= 0.3 is 0 Å². The molecule has 1 aromatic carbocycles. The van der Waals surface area contributed by atoms with Gasteiger partial charge < -0.3 is 4.90 Å². The van der Waals surface area contributed by atoms with Gasteiger partial charge in [-0.3, -0.25) is 4.79 Å². The predicted octanol–water partition coefficient (Wildman–Crippen LogP) is 4.86. The van der Waals surface area contributed by atoms with Crippen molar-refractivity contribution in [3.63, 3.8) is 0 Å². The lowest BCUT2D eigenvalue weighted by Crippen LogP contribution is -2.31. The SMILES string of the molecule is Cl.O=C(/C=C/c1ccc(Cl)cc1)CCN1CCC2CCC(C2)C1. The normalized spacial score (nSPS) is 24.4. The molecule has 1 heterocycles. The number of benzene rings is 1. The Kier molecular flexibility index (Phi) is 7.13. The summed E-state index contributed by atoms with van der Waals surface area (Å²) in [5.41, 5.74) is 1.02. The molecule has 1 saturated carbocycles. The maximum absolute atomic E-state index is 12.0. The minimum atomic E-state index is 0. The first-order valence-electron chi connectivity index (χ1n) is 8.38. The number of nitrogens with zero attached hydrogens (tertiary/aromatic N) is 1. The van der Waals surface area contributed by atoms with Gasteiger partial charge in [0.1, 0.15) is 0 Å². The van der Waals surface area contributed by atoms with Crippen molar-refractivity contribution in [2.45, 2.75) is 32.1 Å². The Morgan fingerprint density at radius 3 is 2.70 bits per heavy atom. The molecule has 23 heavy (non-hydrogen) atoms. The van der Waals surface area contributed by atoms with Crippen LogP contribution in [0.5, 0.6) is 0 Å². The summed E-state index contributed by atoms with van der Waals surface area (Å²) in [5.74, 6) is 2.05. The van der Waals surface area contributed by atoms with E-state index in [-0.39, 0.29) is 18.2 Å². The van der Waals surface area contributed by atoms with E-state index in [0.717, 1.165) is 29.0 Å².